The highest BCUT2D eigenvalue weighted by molar-refractivity contribution is 5.86. The van der Waals surface area contributed by atoms with Crippen molar-refractivity contribution in [1.82, 2.24) is 29.4 Å². The monoisotopic (exact) mass is 525 g/mol. The van der Waals surface area contributed by atoms with Crippen LogP contribution in [-0.4, -0.2) is 93.4 Å². The number of nitrogens with zero attached hydrogens (tertiary/aromatic N) is 7. The van der Waals surface area contributed by atoms with Crippen LogP contribution in [0, 0.1) is 5.41 Å². The van der Waals surface area contributed by atoms with E-state index in [1.165, 1.54) is 0 Å². The van der Waals surface area contributed by atoms with Crippen molar-refractivity contribution in [3.8, 4) is 17.1 Å². The highest BCUT2D eigenvalue weighted by Crippen LogP contribution is 2.38. The Morgan fingerprint density at radius 1 is 1.18 bits per heavy atom. The standard InChI is InChI=1S/C26H35N7O5/c1-26(2,3)20-12-18(5-6-32(20)25(34)35)33-15-28-21-23(31-7-9-37-10-8-31)29-22(30-24(21)33)17-11-19(14-27-13-17)38-16-36-4/h11,13-15,18,20H,5-10,12,16H2,1-4H3,(H,34,35). The highest BCUT2D eigenvalue weighted by Gasteiger charge is 2.39. The second-order valence-electron chi connectivity index (χ2n) is 10.8. The van der Waals surface area contributed by atoms with Gasteiger partial charge >= 0.3 is 6.09 Å². The van der Waals surface area contributed by atoms with Gasteiger partial charge in [-0.05, 0) is 24.3 Å². The molecule has 5 heterocycles. The second-order valence-corrected chi connectivity index (χ2v) is 10.8. The maximum absolute atomic E-state index is 12.0. The van der Waals surface area contributed by atoms with Crippen LogP contribution < -0.4 is 9.64 Å². The van der Waals surface area contributed by atoms with Gasteiger partial charge in [0.25, 0.3) is 0 Å². The number of hydrogen-bond donors (Lipinski definition) is 1. The van der Waals surface area contributed by atoms with E-state index in [1.54, 1.807) is 24.4 Å². The Balaban J connectivity index is 1.58. The quantitative estimate of drug-likeness (QED) is 0.478. The van der Waals surface area contributed by atoms with Crippen molar-refractivity contribution in [3.63, 3.8) is 0 Å². The minimum Gasteiger partial charge on any atom is -0.466 e. The van der Waals surface area contributed by atoms with Gasteiger partial charge in [0.05, 0.1) is 25.7 Å². The van der Waals surface area contributed by atoms with Gasteiger partial charge in [0.2, 0.25) is 0 Å². The van der Waals surface area contributed by atoms with E-state index in [0.29, 0.717) is 57.3 Å². The number of carboxylic acid groups (broad SMARTS) is 1. The van der Waals surface area contributed by atoms with Crippen LogP contribution in [0.1, 0.15) is 39.7 Å². The van der Waals surface area contributed by atoms with E-state index in [-0.39, 0.29) is 24.3 Å². The molecular weight excluding hydrogens is 490 g/mol. The molecule has 2 fully saturated rings. The smallest absolute Gasteiger partial charge is 0.407 e. The lowest BCUT2D eigenvalue weighted by molar-refractivity contribution is 0.0434. The minimum absolute atomic E-state index is 0.0506. The van der Waals surface area contributed by atoms with Crippen LogP contribution >= 0.6 is 0 Å². The predicted octanol–water partition coefficient (Wildman–Crippen LogP) is 3.44. The molecule has 2 saturated heterocycles. The Labute approximate surface area is 221 Å². The number of pyridine rings is 1. The first-order valence-electron chi connectivity index (χ1n) is 12.9. The largest absolute Gasteiger partial charge is 0.466 e. The summed E-state index contributed by atoms with van der Waals surface area (Å²) in [5, 5.41) is 9.83. The van der Waals surface area contributed by atoms with Crippen molar-refractivity contribution in [2.75, 3.05) is 51.7 Å². The molecule has 0 spiro atoms. The molecule has 0 radical (unpaired) electrons. The summed E-state index contributed by atoms with van der Waals surface area (Å²) >= 11 is 0. The van der Waals surface area contributed by atoms with Gasteiger partial charge in [-0.2, -0.15) is 0 Å². The summed E-state index contributed by atoms with van der Waals surface area (Å²) in [7, 11) is 1.56. The molecule has 2 atom stereocenters. The van der Waals surface area contributed by atoms with Crippen molar-refractivity contribution in [2.45, 2.75) is 45.7 Å². The highest BCUT2D eigenvalue weighted by atomic mass is 16.7. The Morgan fingerprint density at radius 2 is 1.97 bits per heavy atom. The number of morpholine rings is 1. The van der Waals surface area contributed by atoms with Crippen LogP contribution in [0.4, 0.5) is 10.6 Å². The number of amides is 1. The zero-order valence-corrected chi connectivity index (χ0v) is 22.3. The number of piperidine rings is 1. The van der Waals surface area contributed by atoms with E-state index in [2.05, 4.69) is 35.2 Å². The van der Waals surface area contributed by atoms with Gasteiger partial charge in [0.1, 0.15) is 5.75 Å². The lowest BCUT2D eigenvalue weighted by Crippen LogP contribution is -2.51. The summed E-state index contributed by atoms with van der Waals surface area (Å²) < 4.78 is 18.3. The molecule has 12 heteroatoms. The number of carbonyl (C=O) groups is 1. The van der Waals surface area contributed by atoms with Crippen molar-refractivity contribution in [1.29, 1.82) is 0 Å². The van der Waals surface area contributed by atoms with Gasteiger partial charge in [-0.1, -0.05) is 20.8 Å². The van der Waals surface area contributed by atoms with Gasteiger partial charge in [0, 0.05) is 50.6 Å². The lowest BCUT2D eigenvalue weighted by Gasteiger charge is -2.44. The first kappa shape index (κ1) is 26.1. The number of anilines is 1. The molecule has 3 aromatic heterocycles. The number of ether oxygens (including phenoxy) is 3. The maximum atomic E-state index is 12.0. The molecule has 0 saturated carbocycles. The van der Waals surface area contributed by atoms with Gasteiger partial charge in [-0.3, -0.25) is 4.98 Å². The van der Waals surface area contributed by atoms with E-state index in [1.807, 2.05) is 12.4 Å². The number of likely N-dealkylation sites (tertiary alicyclic amines) is 1. The number of hydrogen-bond acceptors (Lipinski definition) is 9. The van der Waals surface area contributed by atoms with Crippen LogP contribution in [0.25, 0.3) is 22.6 Å². The van der Waals surface area contributed by atoms with Crippen molar-refractivity contribution >= 4 is 23.1 Å². The molecule has 1 N–H and O–H groups in total. The fraction of sp³-hybridized carbons (Fsp3) is 0.577. The summed E-state index contributed by atoms with van der Waals surface area (Å²) in [6.07, 6.45) is 5.64. The number of imidazole rings is 1. The molecule has 0 aliphatic carbocycles. The Hall–Kier alpha value is -3.51. The van der Waals surface area contributed by atoms with Gasteiger partial charge in [-0.15, -0.1) is 0 Å². The zero-order chi connectivity index (χ0) is 26.9. The molecule has 0 bridgehead atoms. The predicted molar refractivity (Wildman–Crippen MR) is 140 cm³/mol. The fourth-order valence-electron chi connectivity index (χ4n) is 5.29. The van der Waals surface area contributed by atoms with Gasteiger partial charge in [-0.25, -0.2) is 19.7 Å². The molecular formula is C26H35N7O5. The fourth-order valence-corrected chi connectivity index (χ4v) is 5.29. The third-order valence-electron chi connectivity index (χ3n) is 7.24. The normalized spacial score (nSPS) is 20.6. The summed E-state index contributed by atoms with van der Waals surface area (Å²) in [4.78, 5) is 34.7. The van der Waals surface area contributed by atoms with Crippen LogP contribution in [0.3, 0.4) is 0 Å². The number of rotatable bonds is 6. The molecule has 0 aromatic carbocycles. The average Bonchev–Trinajstić information content (AvgIpc) is 3.35. The molecule has 3 aromatic rings. The van der Waals surface area contributed by atoms with Gasteiger partial charge in [0.15, 0.2) is 29.6 Å². The van der Waals surface area contributed by atoms with Crippen LogP contribution in [0.2, 0.25) is 0 Å². The van der Waals surface area contributed by atoms with Crippen molar-refractivity contribution < 1.29 is 24.1 Å². The van der Waals surface area contributed by atoms with E-state index in [9.17, 15) is 9.90 Å². The van der Waals surface area contributed by atoms with E-state index in [4.69, 9.17) is 29.2 Å². The van der Waals surface area contributed by atoms with Crippen LogP contribution in [-0.2, 0) is 9.47 Å². The SMILES string of the molecule is COCOc1cncc(-c2nc(N3CCOCC3)c3ncn(C4CCN(C(=O)O)C(C(C)(C)C)C4)c3n2)c1. The molecule has 2 aliphatic rings. The van der Waals surface area contributed by atoms with E-state index in [0.717, 1.165) is 22.5 Å². The number of fused-ring (bicyclic) bond motifs is 1. The Bertz CT molecular complexity index is 1280. The number of methoxy groups -OCH3 is 1. The molecule has 2 aliphatic heterocycles. The summed E-state index contributed by atoms with van der Waals surface area (Å²) in [6.45, 7) is 9.47. The van der Waals surface area contributed by atoms with Crippen molar-refractivity contribution in [3.05, 3.63) is 24.8 Å². The van der Waals surface area contributed by atoms with Gasteiger partial charge < -0.3 is 33.7 Å². The van der Waals surface area contributed by atoms with E-state index < -0.39 is 6.09 Å². The second kappa shape index (κ2) is 10.7. The van der Waals surface area contributed by atoms with Crippen LogP contribution in [0.15, 0.2) is 24.8 Å². The molecule has 2 unspecified atom stereocenters. The Morgan fingerprint density at radius 3 is 2.68 bits per heavy atom. The first-order valence-corrected chi connectivity index (χ1v) is 12.9. The molecule has 1 amide bonds. The number of aromatic nitrogens is 5. The third kappa shape index (κ3) is 5.23. The zero-order valence-electron chi connectivity index (χ0n) is 22.3. The van der Waals surface area contributed by atoms with E-state index >= 15 is 0 Å². The summed E-state index contributed by atoms with van der Waals surface area (Å²) in [5.74, 6) is 1.83. The molecule has 38 heavy (non-hydrogen) atoms. The molecule has 12 nitrogen and oxygen atoms in total. The minimum atomic E-state index is -0.874. The summed E-state index contributed by atoms with van der Waals surface area (Å²) in [6, 6.07) is 1.77. The molecule has 5 rings (SSSR count). The Kier molecular flexibility index (Phi) is 7.35. The average molecular weight is 526 g/mol. The van der Waals surface area contributed by atoms with Crippen molar-refractivity contribution in [2.24, 2.45) is 5.41 Å². The van der Waals surface area contributed by atoms with Crippen LogP contribution in [0.5, 0.6) is 5.75 Å². The summed E-state index contributed by atoms with van der Waals surface area (Å²) in [5.41, 5.74) is 1.96. The third-order valence-corrected chi connectivity index (χ3v) is 7.24. The first-order chi connectivity index (χ1) is 18.3. The topological polar surface area (TPSA) is 128 Å². The lowest BCUT2D eigenvalue weighted by atomic mass is 9.79. The maximum Gasteiger partial charge on any atom is 0.407 e. The molecule has 204 valence electrons.